The molecule has 0 saturated heterocycles. The summed E-state index contributed by atoms with van der Waals surface area (Å²) >= 11 is 0. The fourth-order valence-electron chi connectivity index (χ4n) is 1.63. The fourth-order valence-corrected chi connectivity index (χ4v) is 1.63. The van der Waals surface area contributed by atoms with Crippen molar-refractivity contribution in [3.8, 4) is 0 Å². The minimum absolute atomic E-state index is 0.330. The lowest BCUT2D eigenvalue weighted by molar-refractivity contribution is -0.116. The quantitative estimate of drug-likeness (QED) is 0.610. The Morgan fingerprint density at radius 2 is 2.38 bits per heavy atom. The van der Waals surface area contributed by atoms with Gasteiger partial charge in [-0.2, -0.15) is 0 Å². The maximum absolute atomic E-state index is 11.5. The van der Waals surface area contributed by atoms with Gasteiger partial charge in [0, 0.05) is 20.1 Å². The number of allylic oxidation sites excluding steroid dienone is 2. The van der Waals surface area contributed by atoms with Crippen molar-refractivity contribution in [1.82, 2.24) is 0 Å². The third-order valence-corrected chi connectivity index (χ3v) is 2.40. The van der Waals surface area contributed by atoms with Crippen molar-refractivity contribution in [3.63, 3.8) is 0 Å². The van der Waals surface area contributed by atoms with Crippen molar-refractivity contribution in [1.29, 1.82) is 0 Å². The molecule has 0 amide bonds. The zero-order chi connectivity index (χ0) is 9.52. The molecule has 0 fully saturated rings. The van der Waals surface area contributed by atoms with Gasteiger partial charge < -0.3 is 4.74 Å². The molecule has 1 aliphatic rings. The Morgan fingerprint density at radius 1 is 1.54 bits per heavy atom. The Hall–Kier alpha value is -0.630. The van der Waals surface area contributed by atoms with E-state index in [2.05, 4.69) is 6.08 Å². The van der Waals surface area contributed by atoms with E-state index in [0.29, 0.717) is 18.8 Å². The molecule has 1 rings (SSSR count). The summed E-state index contributed by atoms with van der Waals surface area (Å²) in [5.74, 6) is 0.330. The van der Waals surface area contributed by atoms with E-state index in [4.69, 9.17) is 4.74 Å². The molecule has 0 aromatic carbocycles. The largest absolute Gasteiger partial charge is 0.385 e. The van der Waals surface area contributed by atoms with E-state index in [1.165, 1.54) is 12.8 Å². The monoisotopic (exact) mass is 182 g/mol. The zero-order valence-corrected chi connectivity index (χ0v) is 8.34. The molecule has 0 radical (unpaired) electrons. The highest BCUT2D eigenvalue weighted by atomic mass is 16.5. The lowest BCUT2D eigenvalue weighted by atomic mass is 9.94. The summed E-state index contributed by atoms with van der Waals surface area (Å²) in [7, 11) is 1.67. The van der Waals surface area contributed by atoms with E-state index in [1.54, 1.807) is 7.11 Å². The molecule has 74 valence electrons. The summed E-state index contributed by atoms with van der Waals surface area (Å²) < 4.78 is 4.91. The summed E-state index contributed by atoms with van der Waals surface area (Å²) in [5.41, 5.74) is 1.06. The minimum Gasteiger partial charge on any atom is -0.385 e. The van der Waals surface area contributed by atoms with Crippen LogP contribution in [-0.2, 0) is 9.53 Å². The van der Waals surface area contributed by atoms with Gasteiger partial charge in [0.25, 0.3) is 0 Å². The summed E-state index contributed by atoms with van der Waals surface area (Å²) in [6, 6.07) is 0. The molecule has 0 bridgehead atoms. The fraction of sp³-hybridized carbons (Fsp3) is 0.727. The van der Waals surface area contributed by atoms with Crippen LogP contribution in [0, 0.1) is 0 Å². The number of hydrogen-bond acceptors (Lipinski definition) is 2. The molecule has 0 unspecified atom stereocenters. The van der Waals surface area contributed by atoms with Crippen molar-refractivity contribution >= 4 is 5.78 Å². The van der Waals surface area contributed by atoms with Crippen LogP contribution in [-0.4, -0.2) is 19.5 Å². The molecule has 0 N–H and O–H groups in total. The maximum atomic E-state index is 11.5. The lowest BCUT2D eigenvalue weighted by Gasteiger charge is -2.10. The second-order valence-electron chi connectivity index (χ2n) is 3.49. The Balaban J connectivity index is 2.25. The molecule has 2 nitrogen and oxygen atoms in total. The van der Waals surface area contributed by atoms with Crippen molar-refractivity contribution in [2.45, 2.75) is 38.5 Å². The third kappa shape index (κ3) is 3.73. The van der Waals surface area contributed by atoms with Gasteiger partial charge in [-0.05, 0) is 37.7 Å². The Bertz CT molecular complexity index is 194. The van der Waals surface area contributed by atoms with Gasteiger partial charge in [-0.15, -0.1) is 0 Å². The van der Waals surface area contributed by atoms with Crippen molar-refractivity contribution in [2.24, 2.45) is 0 Å². The predicted molar refractivity (Wildman–Crippen MR) is 52.7 cm³/mol. The summed E-state index contributed by atoms with van der Waals surface area (Å²) in [4.78, 5) is 11.5. The maximum Gasteiger partial charge on any atom is 0.158 e. The van der Waals surface area contributed by atoms with Gasteiger partial charge in [-0.1, -0.05) is 6.08 Å². The first-order valence-electron chi connectivity index (χ1n) is 5.06. The summed E-state index contributed by atoms with van der Waals surface area (Å²) in [5, 5.41) is 0. The molecule has 0 aliphatic heterocycles. The molecule has 0 atom stereocenters. The van der Waals surface area contributed by atoms with Crippen LogP contribution in [0.1, 0.15) is 38.5 Å². The van der Waals surface area contributed by atoms with Crippen LogP contribution in [0.4, 0.5) is 0 Å². The minimum atomic E-state index is 0.330. The molecular weight excluding hydrogens is 164 g/mol. The Kier molecular flexibility index (Phi) is 4.76. The van der Waals surface area contributed by atoms with Crippen LogP contribution in [0.25, 0.3) is 0 Å². The number of ketones is 1. The highest BCUT2D eigenvalue weighted by Crippen LogP contribution is 2.19. The molecule has 0 heterocycles. The number of Topliss-reactive ketones (excluding diaryl/α,β-unsaturated/α-hetero) is 1. The molecule has 1 aliphatic carbocycles. The second kappa shape index (κ2) is 5.92. The number of carbonyl (C=O) groups excluding carboxylic acids is 1. The summed E-state index contributed by atoms with van der Waals surface area (Å²) in [6.45, 7) is 0.693. The van der Waals surface area contributed by atoms with Gasteiger partial charge >= 0.3 is 0 Å². The topological polar surface area (TPSA) is 26.3 Å². The molecule has 0 saturated carbocycles. The lowest BCUT2D eigenvalue weighted by Crippen LogP contribution is -2.06. The molecular formula is C11H18O2. The average molecular weight is 182 g/mol. The van der Waals surface area contributed by atoms with Crippen molar-refractivity contribution in [2.75, 3.05) is 13.7 Å². The number of methoxy groups -OCH3 is 1. The van der Waals surface area contributed by atoms with E-state index in [1.807, 2.05) is 0 Å². The van der Waals surface area contributed by atoms with Crippen LogP contribution >= 0.6 is 0 Å². The first-order valence-corrected chi connectivity index (χ1v) is 5.06. The summed E-state index contributed by atoms with van der Waals surface area (Å²) in [6.07, 6.45) is 8.12. The van der Waals surface area contributed by atoms with Crippen LogP contribution in [0.2, 0.25) is 0 Å². The molecule has 2 heteroatoms. The standard InChI is InChI=1S/C11H18O2/c1-13-9-5-8-11(12)10-6-3-2-4-7-10/h6H,2-5,7-9H2,1H3. The first kappa shape index (κ1) is 10.5. The first-order chi connectivity index (χ1) is 6.34. The number of rotatable bonds is 5. The van der Waals surface area contributed by atoms with Gasteiger partial charge in [0.1, 0.15) is 0 Å². The molecule has 0 aromatic heterocycles. The predicted octanol–water partition coefficient (Wildman–Crippen LogP) is 2.48. The molecule has 0 spiro atoms. The van der Waals surface area contributed by atoms with Crippen molar-refractivity contribution < 1.29 is 9.53 Å². The normalized spacial score (nSPS) is 16.8. The Morgan fingerprint density at radius 3 is 3.00 bits per heavy atom. The van der Waals surface area contributed by atoms with Gasteiger partial charge in [0.05, 0.1) is 0 Å². The van der Waals surface area contributed by atoms with Gasteiger partial charge in [0.2, 0.25) is 0 Å². The highest BCUT2D eigenvalue weighted by molar-refractivity contribution is 5.95. The van der Waals surface area contributed by atoms with Crippen LogP contribution in [0.3, 0.4) is 0 Å². The van der Waals surface area contributed by atoms with Gasteiger partial charge in [-0.25, -0.2) is 0 Å². The molecule has 13 heavy (non-hydrogen) atoms. The van der Waals surface area contributed by atoms with Crippen LogP contribution in [0.15, 0.2) is 11.6 Å². The zero-order valence-electron chi connectivity index (χ0n) is 8.34. The Labute approximate surface area is 80.0 Å². The van der Waals surface area contributed by atoms with E-state index < -0.39 is 0 Å². The third-order valence-electron chi connectivity index (χ3n) is 2.40. The van der Waals surface area contributed by atoms with Crippen molar-refractivity contribution in [3.05, 3.63) is 11.6 Å². The average Bonchev–Trinajstić information content (AvgIpc) is 2.19. The van der Waals surface area contributed by atoms with E-state index >= 15 is 0 Å². The molecule has 0 aromatic rings. The van der Waals surface area contributed by atoms with Crippen LogP contribution < -0.4 is 0 Å². The van der Waals surface area contributed by atoms with Crippen LogP contribution in [0.5, 0.6) is 0 Å². The van der Waals surface area contributed by atoms with Gasteiger partial charge in [0.15, 0.2) is 5.78 Å². The number of carbonyl (C=O) groups is 1. The second-order valence-corrected chi connectivity index (χ2v) is 3.49. The number of ether oxygens (including phenoxy) is 1. The van der Waals surface area contributed by atoms with E-state index in [0.717, 1.165) is 24.8 Å². The van der Waals surface area contributed by atoms with E-state index in [-0.39, 0.29) is 0 Å². The SMILES string of the molecule is COCCCC(=O)C1=CCCCC1. The van der Waals surface area contributed by atoms with Gasteiger partial charge in [-0.3, -0.25) is 4.79 Å². The smallest absolute Gasteiger partial charge is 0.158 e. The number of hydrogen-bond donors (Lipinski definition) is 0. The highest BCUT2D eigenvalue weighted by Gasteiger charge is 2.11. The van der Waals surface area contributed by atoms with E-state index in [9.17, 15) is 4.79 Å².